The van der Waals surface area contributed by atoms with Gasteiger partial charge in [-0.25, -0.2) is 0 Å². The van der Waals surface area contributed by atoms with Crippen molar-refractivity contribution in [2.75, 3.05) is 17.7 Å². The highest BCUT2D eigenvalue weighted by Gasteiger charge is 2.22. The molecule has 0 unspecified atom stereocenters. The summed E-state index contributed by atoms with van der Waals surface area (Å²) in [4.78, 5) is 8.79. The highest BCUT2D eigenvalue weighted by molar-refractivity contribution is 5.53. The minimum absolute atomic E-state index is 0.518. The lowest BCUT2D eigenvalue weighted by Gasteiger charge is -2.11. The average molecular weight is 284 g/mol. The van der Waals surface area contributed by atoms with Gasteiger partial charge in [-0.1, -0.05) is 6.07 Å². The van der Waals surface area contributed by atoms with E-state index in [4.69, 9.17) is 10.5 Å². The van der Waals surface area contributed by atoms with Crippen LogP contribution in [0.25, 0.3) is 0 Å². The molecule has 0 spiro atoms. The second kappa shape index (κ2) is 5.99. The van der Waals surface area contributed by atoms with E-state index in [1.54, 1.807) is 6.20 Å². The third-order valence-corrected chi connectivity index (χ3v) is 3.60. The van der Waals surface area contributed by atoms with Gasteiger partial charge in [-0.15, -0.1) is 0 Å². The number of hydrogen-bond acceptors (Lipinski definition) is 5. The second-order valence-corrected chi connectivity index (χ2v) is 5.47. The van der Waals surface area contributed by atoms with Gasteiger partial charge in [0, 0.05) is 6.20 Å². The number of pyridine rings is 2. The van der Waals surface area contributed by atoms with E-state index >= 15 is 0 Å². The Balaban J connectivity index is 1.64. The van der Waals surface area contributed by atoms with E-state index in [0.717, 1.165) is 17.1 Å². The highest BCUT2D eigenvalue weighted by Crippen LogP contribution is 2.30. The molecule has 0 amide bonds. The Morgan fingerprint density at radius 2 is 2.19 bits per heavy atom. The minimum Gasteiger partial charge on any atom is -0.476 e. The van der Waals surface area contributed by atoms with Crippen LogP contribution >= 0.6 is 0 Å². The van der Waals surface area contributed by atoms with E-state index in [0.29, 0.717) is 30.6 Å². The number of rotatable bonds is 6. The number of nitrogen functional groups attached to an aromatic ring is 1. The smallest absolute Gasteiger partial charge is 0.239 e. The summed E-state index contributed by atoms with van der Waals surface area (Å²) >= 11 is 0. The molecule has 3 N–H and O–H groups in total. The summed E-state index contributed by atoms with van der Waals surface area (Å²) in [5.41, 5.74) is 8.65. The molecule has 0 radical (unpaired) electrons. The summed E-state index contributed by atoms with van der Waals surface area (Å²) in [5.74, 6) is 1.95. The third-order valence-electron chi connectivity index (χ3n) is 3.60. The first-order chi connectivity index (χ1) is 10.2. The molecule has 0 atom stereocenters. The molecule has 2 aromatic heterocycles. The van der Waals surface area contributed by atoms with Crippen LogP contribution in [-0.4, -0.2) is 16.6 Å². The van der Waals surface area contributed by atoms with Gasteiger partial charge < -0.3 is 15.8 Å². The lowest BCUT2D eigenvalue weighted by molar-refractivity contribution is 0.290. The van der Waals surface area contributed by atoms with Crippen molar-refractivity contribution in [1.82, 2.24) is 9.97 Å². The maximum absolute atomic E-state index is 5.90. The van der Waals surface area contributed by atoms with Gasteiger partial charge in [0.15, 0.2) is 0 Å². The number of nitrogens with zero attached hydrogens (tertiary/aromatic N) is 2. The van der Waals surface area contributed by atoms with Crippen LogP contribution in [0.15, 0.2) is 30.5 Å². The number of ether oxygens (including phenoxy) is 1. The summed E-state index contributed by atoms with van der Waals surface area (Å²) in [6, 6.07) is 7.66. The van der Waals surface area contributed by atoms with Crippen LogP contribution in [-0.2, 0) is 6.54 Å². The van der Waals surface area contributed by atoms with E-state index in [-0.39, 0.29) is 0 Å². The number of nitrogens with two attached hydrogens (primary N) is 1. The zero-order chi connectivity index (χ0) is 14.7. The van der Waals surface area contributed by atoms with Crippen molar-refractivity contribution in [2.24, 2.45) is 5.92 Å². The molecule has 5 heteroatoms. The molecule has 1 saturated carbocycles. The SMILES string of the molecule is Cc1cccnc1CNc1ccc(N)c(OCC2CC2)n1. The second-order valence-electron chi connectivity index (χ2n) is 5.47. The number of anilines is 2. The molecule has 110 valence electrons. The quantitative estimate of drug-likeness (QED) is 0.853. The zero-order valence-corrected chi connectivity index (χ0v) is 12.2. The molecule has 1 fully saturated rings. The molecule has 2 heterocycles. The molecule has 0 aliphatic heterocycles. The van der Waals surface area contributed by atoms with Crippen LogP contribution in [0.5, 0.6) is 5.88 Å². The van der Waals surface area contributed by atoms with Crippen LogP contribution in [0, 0.1) is 12.8 Å². The predicted molar refractivity (Wildman–Crippen MR) is 83.2 cm³/mol. The molecular formula is C16H20N4O. The lowest BCUT2D eigenvalue weighted by atomic mass is 10.2. The van der Waals surface area contributed by atoms with Crippen molar-refractivity contribution in [1.29, 1.82) is 0 Å². The Morgan fingerprint density at radius 1 is 1.33 bits per heavy atom. The topological polar surface area (TPSA) is 73.1 Å². The molecule has 5 nitrogen and oxygen atoms in total. The zero-order valence-electron chi connectivity index (χ0n) is 12.2. The third kappa shape index (κ3) is 3.62. The molecular weight excluding hydrogens is 264 g/mol. The van der Waals surface area contributed by atoms with Gasteiger partial charge in [-0.3, -0.25) is 4.98 Å². The summed E-state index contributed by atoms with van der Waals surface area (Å²) in [6.45, 7) is 3.39. The first-order valence-corrected chi connectivity index (χ1v) is 7.26. The van der Waals surface area contributed by atoms with Crippen molar-refractivity contribution in [3.63, 3.8) is 0 Å². The van der Waals surface area contributed by atoms with Gasteiger partial charge in [0.25, 0.3) is 0 Å². The van der Waals surface area contributed by atoms with Crippen molar-refractivity contribution in [3.8, 4) is 5.88 Å². The molecule has 1 aliphatic carbocycles. The molecule has 1 aliphatic rings. The van der Waals surface area contributed by atoms with Crippen LogP contribution in [0.4, 0.5) is 11.5 Å². The Bertz CT molecular complexity index is 625. The maximum Gasteiger partial charge on any atom is 0.239 e. The minimum atomic E-state index is 0.518. The van der Waals surface area contributed by atoms with Gasteiger partial charge >= 0.3 is 0 Å². The average Bonchev–Trinajstić information content (AvgIpc) is 3.31. The Kier molecular flexibility index (Phi) is 3.90. The molecule has 2 aromatic rings. The van der Waals surface area contributed by atoms with Crippen LogP contribution in [0.1, 0.15) is 24.1 Å². The normalized spacial score (nSPS) is 14.0. The first kappa shape index (κ1) is 13.7. The fourth-order valence-corrected chi connectivity index (χ4v) is 2.02. The van der Waals surface area contributed by atoms with Gasteiger partial charge in [-0.2, -0.15) is 4.98 Å². The van der Waals surface area contributed by atoms with Gasteiger partial charge in [0.05, 0.1) is 24.5 Å². The van der Waals surface area contributed by atoms with Gasteiger partial charge in [-0.05, 0) is 49.4 Å². The monoisotopic (exact) mass is 284 g/mol. The van der Waals surface area contributed by atoms with E-state index < -0.39 is 0 Å². The van der Waals surface area contributed by atoms with Crippen LogP contribution < -0.4 is 15.8 Å². The molecule has 0 bridgehead atoms. The number of aromatic nitrogens is 2. The summed E-state index contributed by atoms with van der Waals surface area (Å²) in [5, 5.41) is 3.26. The Labute approximate surface area is 124 Å². The summed E-state index contributed by atoms with van der Waals surface area (Å²) < 4.78 is 5.69. The molecule has 0 saturated heterocycles. The fraction of sp³-hybridized carbons (Fsp3) is 0.375. The largest absolute Gasteiger partial charge is 0.476 e. The van der Waals surface area contributed by atoms with Crippen molar-refractivity contribution < 1.29 is 4.74 Å². The number of aryl methyl sites for hydroxylation is 1. The van der Waals surface area contributed by atoms with Crippen molar-refractivity contribution in [3.05, 3.63) is 41.7 Å². The van der Waals surface area contributed by atoms with E-state index in [1.807, 2.05) is 31.2 Å². The molecule has 0 aromatic carbocycles. The Morgan fingerprint density at radius 3 is 2.95 bits per heavy atom. The summed E-state index contributed by atoms with van der Waals surface area (Å²) in [7, 11) is 0. The van der Waals surface area contributed by atoms with E-state index in [2.05, 4.69) is 15.3 Å². The standard InChI is InChI=1S/C16H20N4O/c1-11-3-2-8-18-14(11)9-19-15-7-6-13(17)16(20-15)21-10-12-4-5-12/h2-3,6-8,12H,4-5,9-10,17H2,1H3,(H,19,20). The van der Waals surface area contributed by atoms with Crippen LogP contribution in [0.3, 0.4) is 0 Å². The molecule has 21 heavy (non-hydrogen) atoms. The molecule has 3 rings (SSSR count). The van der Waals surface area contributed by atoms with E-state index in [9.17, 15) is 0 Å². The van der Waals surface area contributed by atoms with Gasteiger partial charge in [0.2, 0.25) is 5.88 Å². The van der Waals surface area contributed by atoms with Crippen molar-refractivity contribution >= 4 is 11.5 Å². The fourth-order valence-electron chi connectivity index (χ4n) is 2.02. The van der Waals surface area contributed by atoms with Crippen molar-refractivity contribution in [2.45, 2.75) is 26.3 Å². The number of nitrogens with one attached hydrogen (secondary N) is 1. The van der Waals surface area contributed by atoms with Crippen LogP contribution in [0.2, 0.25) is 0 Å². The number of hydrogen-bond donors (Lipinski definition) is 2. The lowest BCUT2D eigenvalue weighted by Crippen LogP contribution is -2.08. The predicted octanol–water partition coefficient (Wildman–Crippen LogP) is 2.77. The summed E-state index contributed by atoms with van der Waals surface area (Å²) in [6.07, 6.45) is 4.29. The first-order valence-electron chi connectivity index (χ1n) is 7.26. The highest BCUT2D eigenvalue weighted by atomic mass is 16.5. The maximum atomic E-state index is 5.90. The van der Waals surface area contributed by atoms with E-state index in [1.165, 1.54) is 12.8 Å². The Hall–Kier alpha value is -2.30. The van der Waals surface area contributed by atoms with Gasteiger partial charge in [0.1, 0.15) is 5.82 Å².